The zero-order chi connectivity index (χ0) is 15.4. The van der Waals surface area contributed by atoms with E-state index in [2.05, 4.69) is 26.2 Å². The molecule has 5 N–H and O–H groups in total. The van der Waals surface area contributed by atoms with Crippen LogP contribution >= 0.6 is 31.1 Å². The molecular weight excluding hydrogens is 374 g/mol. The van der Waals surface area contributed by atoms with Gasteiger partial charge in [0.2, 0.25) is 5.52 Å². The van der Waals surface area contributed by atoms with Crippen LogP contribution in [0.5, 0.6) is 0 Å². The van der Waals surface area contributed by atoms with Crippen LogP contribution in [0.4, 0.5) is 5.82 Å². The molecule has 0 bridgehead atoms. The number of aromatic nitrogens is 1. The molecule has 1 aromatic heterocycles. The highest BCUT2D eigenvalue weighted by atomic mass is 79.9. The fourth-order valence-electron chi connectivity index (χ4n) is 1.43. The fourth-order valence-corrected chi connectivity index (χ4v) is 3.87. The highest BCUT2D eigenvalue weighted by Gasteiger charge is 2.43. The van der Waals surface area contributed by atoms with Crippen LogP contribution in [0.2, 0.25) is 0 Å². The molecule has 0 fully saturated rings. The van der Waals surface area contributed by atoms with Crippen molar-refractivity contribution >= 4 is 36.9 Å². The van der Waals surface area contributed by atoms with Gasteiger partial charge in [0.25, 0.3) is 0 Å². The number of nitrogens with zero attached hydrogens (tertiary/aromatic N) is 1. The minimum Gasteiger partial charge on any atom is -0.346 e. The summed E-state index contributed by atoms with van der Waals surface area (Å²) >= 11 is 3.29. The van der Waals surface area contributed by atoms with Crippen LogP contribution in [-0.2, 0) is 15.6 Å². The Labute approximate surface area is 124 Å². The molecule has 1 heterocycles. The molecule has 0 aromatic carbocycles. The Balaban J connectivity index is 2.85. The molecule has 0 saturated heterocycles. The van der Waals surface area contributed by atoms with Crippen LogP contribution in [-0.4, -0.2) is 35.4 Å². The first-order valence-electron chi connectivity index (χ1n) is 5.52. The summed E-state index contributed by atoms with van der Waals surface area (Å²) in [6.45, 7) is 0. The van der Waals surface area contributed by atoms with Gasteiger partial charge in [-0.25, -0.2) is 4.98 Å². The molecule has 11 heteroatoms. The predicted octanol–water partition coefficient (Wildman–Crippen LogP) is 1.46. The number of hydrogen-bond acceptors (Lipinski definition) is 4. The molecule has 20 heavy (non-hydrogen) atoms. The maximum Gasteiger partial charge on any atom is 0.360 e. The first-order valence-corrected chi connectivity index (χ1v) is 10.0. The zero-order valence-corrected chi connectivity index (χ0v) is 13.6. The summed E-state index contributed by atoms with van der Waals surface area (Å²) in [7, 11) is -10.0. The summed E-state index contributed by atoms with van der Waals surface area (Å²) in [5, 5.41) is 2.93. The Morgan fingerprint density at radius 1 is 1.20 bits per heavy atom. The average molecular weight is 389 g/mol. The van der Waals surface area contributed by atoms with Crippen molar-refractivity contribution in [3.63, 3.8) is 0 Å². The van der Waals surface area contributed by atoms with Crippen LogP contribution in [0.1, 0.15) is 12.0 Å². The van der Waals surface area contributed by atoms with Gasteiger partial charge in [-0.2, -0.15) is 0 Å². The van der Waals surface area contributed by atoms with Crippen molar-refractivity contribution in [1.29, 1.82) is 0 Å². The Bertz CT molecular complexity index is 506. The van der Waals surface area contributed by atoms with Crippen molar-refractivity contribution in [2.75, 3.05) is 10.6 Å². The number of halogens is 1. The number of hydrogen-bond donors (Lipinski definition) is 5. The number of pyridine rings is 1. The molecule has 114 valence electrons. The molecule has 0 aliphatic carbocycles. The largest absolute Gasteiger partial charge is 0.360 e. The highest BCUT2D eigenvalue weighted by Crippen LogP contribution is 2.59. The van der Waals surface area contributed by atoms with Gasteiger partial charge in [0.15, 0.2) is 0 Å². The van der Waals surface area contributed by atoms with Crippen LogP contribution < -0.4 is 5.32 Å². The summed E-state index contributed by atoms with van der Waals surface area (Å²) < 4.78 is 22.2. The number of rotatable bonds is 7. The quantitative estimate of drug-likeness (QED) is 0.349. The van der Waals surface area contributed by atoms with Gasteiger partial charge in [-0.3, -0.25) is 9.13 Å². The van der Waals surface area contributed by atoms with Gasteiger partial charge in [-0.05, 0) is 24.5 Å². The van der Waals surface area contributed by atoms with E-state index in [0.717, 1.165) is 23.7 Å². The maximum atomic E-state index is 11.1. The Kier molecular flexibility index (Phi) is 6.34. The van der Waals surface area contributed by atoms with Crippen molar-refractivity contribution in [3.8, 4) is 0 Å². The lowest BCUT2D eigenvalue weighted by Crippen LogP contribution is -2.20. The molecule has 0 radical (unpaired) electrons. The van der Waals surface area contributed by atoms with Gasteiger partial charge < -0.3 is 24.9 Å². The van der Waals surface area contributed by atoms with Gasteiger partial charge in [-0.1, -0.05) is 22.0 Å². The third kappa shape index (κ3) is 5.61. The van der Waals surface area contributed by atoms with Gasteiger partial charge in [0.1, 0.15) is 5.82 Å². The number of nitrogens with one attached hydrogen (secondary N) is 1. The van der Waals surface area contributed by atoms with Crippen LogP contribution in [0.3, 0.4) is 0 Å². The molecular formula is C9H15BrN2O6P2. The number of anilines is 1. The van der Waals surface area contributed by atoms with Crippen molar-refractivity contribution in [2.24, 2.45) is 0 Å². The second kappa shape index (κ2) is 7.13. The fraction of sp³-hybridized carbons (Fsp3) is 0.444. The first-order chi connectivity index (χ1) is 9.14. The van der Waals surface area contributed by atoms with E-state index in [-0.39, 0.29) is 5.82 Å². The number of aryl methyl sites for hydroxylation is 1. The van der Waals surface area contributed by atoms with Crippen molar-refractivity contribution in [2.45, 2.75) is 18.4 Å². The Morgan fingerprint density at radius 2 is 1.80 bits per heavy atom. The van der Waals surface area contributed by atoms with Crippen LogP contribution in [0.25, 0.3) is 0 Å². The second-order valence-corrected chi connectivity index (χ2v) is 8.63. The lowest BCUT2D eigenvalue weighted by molar-refractivity contribution is 0.343. The van der Waals surface area contributed by atoms with E-state index in [0.29, 0.717) is 0 Å². The van der Waals surface area contributed by atoms with E-state index >= 15 is 0 Å². The van der Waals surface area contributed by atoms with Crippen LogP contribution in [0, 0.1) is 0 Å². The van der Waals surface area contributed by atoms with Crippen molar-refractivity contribution in [1.82, 2.24) is 4.98 Å². The number of alkyl halides is 1. The Hall–Kier alpha value is -0.270. The summed E-state index contributed by atoms with van der Waals surface area (Å²) in [6, 6.07) is 3.09. The van der Waals surface area contributed by atoms with Gasteiger partial charge in [-0.15, -0.1) is 0 Å². The molecule has 0 spiro atoms. The van der Waals surface area contributed by atoms with Gasteiger partial charge >= 0.3 is 15.2 Å². The maximum absolute atomic E-state index is 11.1. The van der Waals surface area contributed by atoms with E-state index in [9.17, 15) is 9.13 Å². The average Bonchev–Trinajstić information content (AvgIpc) is 2.32. The molecule has 0 aliphatic rings. The van der Waals surface area contributed by atoms with E-state index in [1.807, 2.05) is 0 Å². The van der Waals surface area contributed by atoms with Gasteiger partial charge in [0.05, 0.1) is 0 Å². The molecule has 0 atom stereocenters. The summed E-state index contributed by atoms with van der Waals surface area (Å²) in [5.74, 6) is -0.00996. The molecule has 1 aromatic rings. The van der Waals surface area contributed by atoms with Crippen molar-refractivity contribution in [3.05, 3.63) is 23.9 Å². The Morgan fingerprint density at radius 3 is 2.20 bits per heavy atom. The SMILES string of the molecule is O=P(O)(O)C(Nc1ccc(CCCBr)cn1)P(=O)(O)O. The summed E-state index contributed by atoms with van der Waals surface area (Å²) in [5.41, 5.74) is -1.38. The minimum atomic E-state index is -5.01. The summed E-state index contributed by atoms with van der Waals surface area (Å²) in [4.78, 5) is 39.8. The monoisotopic (exact) mass is 388 g/mol. The van der Waals surface area contributed by atoms with E-state index < -0.39 is 20.7 Å². The normalized spacial score (nSPS) is 12.7. The molecule has 0 saturated carbocycles. The molecule has 8 nitrogen and oxygen atoms in total. The smallest absolute Gasteiger partial charge is 0.346 e. The lowest BCUT2D eigenvalue weighted by atomic mass is 10.2. The molecule has 0 aliphatic heterocycles. The molecule has 0 unspecified atom stereocenters. The third-order valence-electron chi connectivity index (χ3n) is 2.34. The standard InChI is InChI=1S/C9H15BrN2O6P2/c10-5-1-2-7-3-4-8(11-6-7)12-9(19(13,14)15)20(16,17)18/h3-4,6,9H,1-2,5H2,(H,11,12)(H2,13,14,15)(H2,16,17,18). The topological polar surface area (TPSA) is 140 Å². The predicted molar refractivity (Wildman–Crippen MR) is 77.9 cm³/mol. The molecule has 1 rings (SSSR count). The van der Waals surface area contributed by atoms with Crippen molar-refractivity contribution < 1.29 is 28.7 Å². The highest BCUT2D eigenvalue weighted by molar-refractivity contribution is 9.09. The van der Waals surface area contributed by atoms with Crippen LogP contribution in [0.15, 0.2) is 18.3 Å². The second-order valence-electron chi connectivity index (χ2n) is 4.04. The van der Waals surface area contributed by atoms with E-state index in [4.69, 9.17) is 19.6 Å². The first kappa shape index (κ1) is 17.8. The molecule has 0 amide bonds. The zero-order valence-electron chi connectivity index (χ0n) is 10.3. The van der Waals surface area contributed by atoms with Gasteiger partial charge in [0, 0.05) is 11.5 Å². The van der Waals surface area contributed by atoms with E-state index in [1.165, 1.54) is 12.3 Å². The minimum absolute atomic E-state index is 0.00996. The van der Waals surface area contributed by atoms with E-state index in [1.54, 1.807) is 6.07 Å². The third-order valence-corrected chi connectivity index (χ3v) is 6.24. The lowest BCUT2D eigenvalue weighted by Gasteiger charge is -2.21. The summed E-state index contributed by atoms with van der Waals surface area (Å²) in [6.07, 6.45) is 3.17.